The summed E-state index contributed by atoms with van der Waals surface area (Å²) >= 11 is 0. The van der Waals surface area contributed by atoms with Gasteiger partial charge in [-0.1, -0.05) is 13.8 Å². The minimum absolute atomic E-state index is 0. The summed E-state index contributed by atoms with van der Waals surface area (Å²) in [6, 6.07) is 0.645. The first-order valence-electron chi connectivity index (χ1n) is 7.96. The second-order valence-corrected chi connectivity index (χ2v) is 6.30. The number of aliphatic imine (C=N–C) groups is 1. The summed E-state index contributed by atoms with van der Waals surface area (Å²) < 4.78 is 0. The van der Waals surface area contributed by atoms with Gasteiger partial charge in [-0.05, 0) is 51.1 Å². The van der Waals surface area contributed by atoms with Crippen LogP contribution in [0.1, 0.15) is 40.0 Å². The van der Waals surface area contributed by atoms with Crippen LogP contribution in [0.25, 0.3) is 0 Å². The maximum Gasteiger partial charge on any atom is 0.191 e. The molecule has 0 radical (unpaired) electrons. The van der Waals surface area contributed by atoms with E-state index in [0.717, 1.165) is 25.0 Å². The molecule has 20 heavy (non-hydrogen) atoms. The molecule has 1 aliphatic heterocycles. The molecule has 2 aliphatic rings. The second kappa shape index (κ2) is 9.07. The van der Waals surface area contributed by atoms with Crippen molar-refractivity contribution >= 4 is 29.9 Å². The van der Waals surface area contributed by atoms with Crippen LogP contribution in [0.4, 0.5) is 0 Å². The lowest BCUT2D eigenvalue weighted by atomic mass is 10.2. The Hall–Kier alpha value is -0.0400. The third-order valence-corrected chi connectivity index (χ3v) is 4.11. The van der Waals surface area contributed by atoms with Crippen molar-refractivity contribution in [3.8, 4) is 0 Å². The molecule has 1 heterocycles. The Morgan fingerprint density at radius 2 is 2.00 bits per heavy atom. The average Bonchev–Trinajstić information content (AvgIpc) is 2.87. The van der Waals surface area contributed by atoms with Crippen molar-refractivity contribution in [1.82, 2.24) is 15.5 Å². The van der Waals surface area contributed by atoms with Gasteiger partial charge < -0.3 is 15.5 Å². The standard InChI is InChI=1S/C15H30N4.HI/c1-4-16-15(18-14-9-13(14)3)17-10-12(2)11-19-7-5-6-8-19;/h12-14H,4-11H2,1-3H3,(H2,16,17,18);1H. The lowest BCUT2D eigenvalue weighted by Crippen LogP contribution is -2.39. The Labute approximate surface area is 141 Å². The van der Waals surface area contributed by atoms with Crippen molar-refractivity contribution in [3.63, 3.8) is 0 Å². The van der Waals surface area contributed by atoms with E-state index in [1.807, 2.05) is 0 Å². The molecule has 0 amide bonds. The van der Waals surface area contributed by atoms with Crippen molar-refractivity contribution in [2.45, 2.75) is 46.1 Å². The molecule has 0 bridgehead atoms. The van der Waals surface area contributed by atoms with Crippen LogP contribution in [0.3, 0.4) is 0 Å². The van der Waals surface area contributed by atoms with E-state index >= 15 is 0 Å². The van der Waals surface area contributed by atoms with Gasteiger partial charge in [-0.2, -0.15) is 0 Å². The van der Waals surface area contributed by atoms with Gasteiger partial charge in [0.1, 0.15) is 0 Å². The molecule has 2 fully saturated rings. The topological polar surface area (TPSA) is 39.7 Å². The highest BCUT2D eigenvalue weighted by Crippen LogP contribution is 2.28. The predicted octanol–water partition coefficient (Wildman–Crippen LogP) is 2.30. The van der Waals surface area contributed by atoms with Crippen LogP contribution in [-0.4, -0.2) is 49.6 Å². The summed E-state index contributed by atoms with van der Waals surface area (Å²) in [5, 5.41) is 6.86. The monoisotopic (exact) mass is 394 g/mol. The minimum atomic E-state index is 0. The van der Waals surface area contributed by atoms with Crippen LogP contribution < -0.4 is 10.6 Å². The predicted molar refractivity (Wildman–Crippen MR) is 96.9 cm³/mol. The van der Waals surface area contributed by atoms with Gasteiger partial charge in [0.15, 0.2) is 5.96 Å². The molecule has 1 saturated carbocycles. The zero-order chi connectivity index (χ0) is 13.7. The van der Waals surface area contributed by atoms with Crippen LogP contribution >= 0.6 is 24.0 Å². The molecular weight excluding hydrogens is 363 g/mol. The highest BCUT2D eigenvalue weighted by molar-refractivity contribution is 14.0. The maximum absolute atomic E-state index is 4.74. The van der Waals surface area contributed by atoms with E-state index in [1.165, 1.54) is 38.9 Å². The van der Waals surface area contributed by atoms with Gasteiger partial charge in [0.05, 0.1) is 0 Å². The average molecular weight is 394 g/mol. The molecule has 2 N–H and O–H groups in total. The zero-order valence-corrected chi connectivity index (χ0v) is 15.5. The third-order valence-electron chi connectivity index (χ3n) is 4.11. The largest absolute Gasteiger partial charge is 0.357 e. The van der Waals surface area contributed by atoms with Gasteiger partial charge in [0.25, 0.3) is 0 Å². The van der Waals surface area contributed by atoms with E-state index in [-0.39, 0.29) is 24.0 Å². The summed E-state index contributed by atoms with van der Waals surface area (Å²) in [6.07, 6.45) is 4.03. The number of halogens is 1. The summed E-state index contributed by atoms with van der Waals surface area (Å²) in [4.78, 5) is 7.31. The summed E-state index contributed by atoms with van der Waals surface area (Å²) in [6.45, 7) is 12.4. The van der Waals surface area contributed by atoms with Crippen LogP contribution in [0.2, 0.25) is 0 Å². The molecule has 0 aromatic rings. The highest BCUT2D eigenvalue weighted by atomic mass is 127. The number of rotatable bonds is 6. The fourth-order valence-corrected chi connectivity index (χ4v) is 2.73. The van der Waals surface area contributed by atoms with Crippen molar-refractivity contribution < 1.29 is 0 Å². The van der Waals surface area contributed by atoms with E-state index in [4.69, 9.17) is 4.99 Å². The first-order valence-corrected chi connectivity index (χ1v) is 7.96. The number of hydrogen-bond donors (Lipinski definition) is 2. The van der Waals surface area contributed by atoms with Crippen LogP contribution in [0.15, 0.2) is 4.99 Å². The summed E-state index contributed by atoms with van der Waals surface area (Å²) in [7, 11) is 0. The molecule has 3 atom stereocenters. The second-order valence-electron chi connectivity index (χ2n) is 6.30. The van der Waals surface area contributed by atoms with Gasteiger partial charge in [0.2, 0.25) is 0 Å². The molecule has 118 valence electrons. The van der Waals surface area contributed by atoms with Gasteiger partial charge in [0, 0.05) is 25.7 Å². The van der Waals surface area contributed by atoms with Gasteiger partial charge >= 0.3 is 0 Å². The molecule has 0 aromatic heterocycles. The Morgan fingerprint density at radius 1 is 1.35 bits per heavy atom. The lowest BCUT2D eigenvalue weighted by Gasteiger charge is -2.19. The van der Waals surface area contributed by atoms with E-state index in [2.05, 4.69) is 36.3 Å². The number of guanidine groups is 1. The third kappa shape index (κ3) is 6.16. The van der Waals surface area contributed by atoms with E-state index in [9.17, 15) is 0 Å². The molecule has 3 unspecified atom stereocenters. The van der Waals surface area contributed by atoms with Crippen LogP contribution in [0.5, 0.6) is 0 Å². The Morgan fingerprint density at radius 3 is 2.55 bits per heavy atom. The van der Waals surface area contributed by atoms with Crippen LogP contribution in [-0.2, 0) is 0 Å². The Bertz CT molecular complexity index is 302. The highest BCUT2D eigenvalue weighted by Gasteiger charge is 2.33. The van der Waals surface area contributed by atoms with E-state index in [1.54, 1.807) is 0 Å². The molecule has 5 heteroatoms. The summed E-state index contributed by atoms with van der Waals surface area (Å²) in [5.41, 5.74) is 0. The maximum atomic E-state index is 4.74. The quantitative estimate of drug-likeness (QED) is 0.413. The molecular formula is C15H31IN4. The Balaban J connectivity index is 0.00000200. The Kier molecular flexibility index (Phi) is 8.17. The van der Waals surface area contributed by atoms with Crippen LogP contribution in [0, 0.1) is 11.8 Å². The molecule has 1 saturated heterocycles. The molecule has 0 aromatic carbocycles. The van der Waals surface area contributed by atoms with Crippen molar-refractivity contribution in [3.05, 3.63) is 0 Å². The van der Waals surface area contributed by atoms with Gasteiger partial charge in [-0.15, -0.1) is 24.0 Å². The first kappa shape index (κ1) is 18.0. The van der Waals surface area contributed by atoms with Crippen molar-refractivity contribution in [1.29, 1.82) is 0 Å². The number of likely N-dealkylation sites (tertiary alicyclic amines) is 1. The number of nitrogens with one attached hydrogen (secondary N) is 2. The normalized spacial score (nSPS) is 27.9. The summed E-state index contributed by atoms with van der Waals surface area (Å²) in [5.74, 6) is 2.46. The zero-order valence-electron chi connectivity index (χ0n) is 13.2. The fraction of sp³-hybridized carbons (Fsp3) is 0.933. The lowest BCUT2D eigenvalue weighted by molar-refractivity contribution is 0.291. The smallest absolute Gasteiger partial charge is 0.191 e. The molecule has 1 aliphatic carbocycles. The van der Waals surface area contributed by atoms with Crippen molar-refractivity contribution in [2.24, 2.45) is 16.8 Å². The van der Waals surface area contributed by atoms with Crippen molar-refractivity contribution in [2.75, 3.05) is 32.7 Å². The number of hydrogen-bond acceptors (Lipinski definition) is 2. The SMILES string of the molecule is CCNC(=NCC(C)CN1CCCC1)NC1CC1C.I. The minimum Gasteiger partial charge on any atom is -0.357 e. The fourth-order valence-electron chi connectivity index (χ4n) is 2.73. The molecule has 2 rings (SSSR count). The molecule has 0 spiro atoms. The first-order chi connectivity index (χ1) is 9.19. The number of nitrogens with zero attached hydrogens (tertiary/aromatic N) is 2. The van der Waals surface area contributed by atoms with E-state index in [0.29, 0.717) is 12.0 Å². The van der Waals surface area contributed by atoms with Gasteiger partial charge in [-0.3, -0.25) is 4.99 Å². The van der Waals surface area contributed by atoms with E-state index < -0.39 is 0 Å². The van der Waals surface area contributed by atoms with Gasteiger partial charge in [-0.25, -0.2) is 0 Å². The molecule has 4 nitrogen and oxygen atoms in total.